The predicted octanol–water partition coefficient (Wildman–Crippen LogP) is 4.95. The van der Waals surface area contributed by atoms with Gasteiger partial charge in [0, 0.05) is 11.9 Å². The maximum absolute atomic E-state index is 13.6. The summed E-state index contributed by atoms with van der Waals surface area (Å²) in [5, 5.41) is 14.1. The zero-order valence-electron chi connectivity index (χ0n) is 17.4. The summed E-state index contributed by atoms with van der Waals surface area (Å²) in [4.78, 5) is 11.2. The summed E-state index contributed by atoms with van der Waals surface area (Å²) in [6.45, 7) is 10.9. The second-order valence-electron chi connectivity index (χ2n) is 7.43. The maximum atomic E-state index is 13.6. The Morgan fingerprint density at radius 2 is 1.97 bits per heavy atom. The molecule has 4 rings (SSSR count). The van der Waals surface area contributed by atoms with Crippen LogP contribution in [0.2, 0.25) is 0 Å². The first-order valence-corrected chi connectivity index (χ1v) is 9.45. The summed E-state index contributed by atoms with van der Waals surface area (Å²) in [6, 6.07) is 18.9. The van der Waals surface area contributed by atoms with Gasteiger partial charge in [0.25, 0.3) is 0 Å². The number of hydrogen-bond acceptors (Lipinski definition) is 4. The molecule has 33 heavy (non-hydrogen) atoms. The second-order valence-corrected chi connectivity index (χ2v) is 7.43. The van der Waals surface area contributed by atoms with Crippen molar-refractivity contribution in [2.24, 2.45) is 0 Å². The molecule has 0 spiro atoms. The van der Waals surface area contributed by atoms with Crippen LogP contribution >= 0.6 is 0 Å². The van der Waals surface area contributed by atoms with E-state index >= 15 is 0 Å². The first-order valence-electron chi connectivity index (χ1n) is 9.45. The molecule has 3 aromatic heterocycles. The fourth-order valence-electron chi connectivity index (χ4n) is 3.30. The first kappa shape index (κ1) is 23.9. The van der Waals surface area contributed by atoms with E-state index in [1.54, 1.807) is 30.3 Å². The molecule has 6 nitrogen and oxygen atoms in total. The summed E-state index contributed by atoms with van der Waals surface area (Å²) in [5.74, 6) is -2.12. The Labute approximate surface area is 203 Å². The van der Waals surface area contributed by atoms with E-state index < -0.39 is 17.3 Å². The van der Waals surface area contributed by atoms with Crippen LogP contribution in [0, 0.1) is 41.9 Å². The van der Waals surface area contributed by atoms with Crippen LogP contribution in [0.3, 0.4) is 0 Å². The van der Waals surface area contributed by atoms with Gasteiger partial charge in [-0.1, -0.05) is 17.8 Å². The van der Waals surface area contributed by atoms with Crippen molar-refractivity contribution in [1.29, 1.82) is 5.26 Å². The monoisotopic (exact) mass is 619 g/mol. The van der Waals surface area contributed by atoms with Crippen LogP contribution in [0.4, 0.5) is 14.5 Å². The average Bonchev–Trinajstić information content (AvgIpc) is 3.24. The van der Waals surface area contributed by atoms with Gasteiger partial charge in [-0.2, -0.15) is 22.5 Å². The van der Waals surface area contributed by atoms with Gasteiger partial charge < -0.3 is 4.98 Å². The van der Waals surface area contributed by atoms with Gasteiger partial charge in [0.05, 0.1) is 23.2 Å². The number of hydrogen-bond donors (Lipinski definition) is 0. The topological polar surface area (TPSA) is 71.8 Å². The van der Waals surface area contributed by atoms with Crippen LogP contribution in [0.25, 0.3) is 21.8 Å². The number of pyridine rings is 2. The van der Waals surface area contributed by atoms with E-state index in [1.807, 2.05) is 19.9 Å². The van der Waals surface area contributed by atoms with Gasteiger partial charge in [-0.25, -0.2) is 13.8 Å². The molecular formula is C24H14F2N6Pt. The minimum atomic E-state index is -1.11. The Bertz CT molecular complexity index is 1390. The number of nitrogens with zero attached hydrogens (tertiary/aromatic N) is 6. The molecule has 0 saturated carbocycles. The molecule has 1 aromatic carbocycles. The van der Waals surface area contributed by atoms with Crippen LogP contribution in [-0.4, -0.2) is 19.7 Å². The molecule has 0 aliphatic carbocycles. The van der Waals surface area contributed by atoms with Crippen molar-refractivity contribution in [2.45, 2.75) is 19.3 Å². The molecule has 0 saturated heterocycles. The van der Waals surface area contributed by atoms with Gasteiger partial charge in [-0.05, 0) is 25.6 Å². The molecule has 0 fully saturated rings. The number of aromatic nitrogens is 4. The van der Waals surface area contributed by atoms with E-state index in [0.29, 0.717) is 28.3 Å². The Kier molecular flexibility index (Phi) is 6.81. The van der Waals surface area contributed by atoms with Crippen molar-refractivity contribution in [3.05, 3.63) is 101 Å². The van der Waals surface area contributed by atoms with Gasteiger partial charge in [0.1, 0.15) is 23.7 Å². The molecule has 0 radical (unpaired) electrons. The Morgan fingerprint density at radius 1 is 1.18 bits per heavy atom. The summed E-state index contributed by atoms with van der Waals surface area (Å²) in [6.07, 6.45) is 1.39. The van der Waals surface area contributed by atoms with Gasteiger partial charge in [-0.15, -0.1) is 29.8 Å². The van der Waals surface area contributed by atoms with E-state index in [1.165, 1.54) is 10.9 Å². The molecule has 3 heterocycles. The van der Waals surface area contributed by atoms with Crippen LogP contribution in [0.1, 0.15) is 30.8 Å². The molecule has 0 N–H and O–H groups in total. The zero-order chi connectivity index (χ0) is 22.9. The van der Waals surface area contributed by atoms with E-state index in [-0.39, 0.29) is 32.3 Å². The molecule has 4 aromatic rings. The van der Waals surface area contributed by atoms with Crippen molar-refractivity contribution in [1.82, 2.24) is 19.7 Å². The van der Waals surface area contributed by atoms with E-state index in [2.05, 4.69) is 33.1 Å². The van der Waals surface area contributed by atoms with E-state index in [0.717, 1.165) is 6.07 Å². The molecule has 0 aliphatic heterocycles. The quantitative estimate of drug-likeness (QED) is 0.240. The van der Waals surface area contributed by atoms with Crippen molar-refractivity contribution < 1.29 is 29.8 Å². The maximum Gasteiger partial charge on any atom is 2.00 e. The van der Waals surface area contributed by atoms with E-state index in [9.17, 15) is 14.0 Å². The van der Waals surface area contributed by atoms with Crippen molar-refractivity contribution >= 4 is 5.69 Å². The van der Waals surface area contributed by atoms with Gasteiger partial charge in [0.2, 0.25) is 0 Å². The minimum Gasteiger partial charge on any atom is -0.300 e. The molecule has 0 aliphatic rings. The van der Waals surface area contributed by atoms with Crippen molar-refractivity contribution in [2.75, 3.05) is 0 Å². The summed E-state index contributed by atoms with van der Waals surface area (Å²) < 4.78 is 28.3. The minimum absolute atomic E-state index is 0. The smallest absolute Gasteiger partial charge is 0.300 e. The average molecular weight is 619 g/mol. The Hall–Kier alpha value is -3.74. The van der Waals surface area contributed by atoms with Gasteiger partial charge in [-0.3, -0.25) is 9.53 Å². The first-order chi connectivity index (χ1) is 15.3. The second kappa shape index (κ2) is 9.40. The standard InChI is InChI=1S/C24H14F2N6.Pt/c1-24(2,20-9-5-8-19(29-20)15-6-4-7-17(10-15)28-3)23-16(13-27)14-32(31-23)18-11-21(25)30-22(26)12-18;/h4-5,7-11,14H,1-2H3;/q-2;+2. The fraction of sp³-hybridized carbons (Fsp3) is 0.125. The predicted molar refractivity (Wildman–Crippen MR) is 112 cm³/mol. The van der Waals surface area contributed by atoms with Crippen molar-refractivity contribution in [3.63, 3.8) is 0 Å². The SMILES string of the molecule is [C-]#[N+]c1cc[c-]c(-c2cccc(C(C)(C)c3nn(-c4[c-]c(F)nc(F)c4)cc3C#N)n2)c1.[Pt+2]. The van der Waals surface area contributed by atoms with Crippen LogP contribution < -0.4 is 0 Å². The van der Waals surface area contributed by atoms with Gasteiger partial charge >= 0.3 is 21.1 Å². The third kappa shape index (κ3) is 4.72. The normalized spacial score (nSPS) is 10.7. The molecule has 0 atom stereocenters. The van der Waals surface area contributed by atoms with Crippen LogP contribution in [0.5, 0.6) is 0 Å². The zero-order valence-corrected chi connectivity index (χ0v) is 19.6. The summed E-state index contributed by atoms with van der Waals surface area (Å²) in [5.41, 5.74) is 2.15. The number of halogens is 2. The third-order valence-electron chi connectivity index (χ3n) is 4.95. The van der Waals surface area contributed by atoms with Crippen LogP contribution in [0.15, 0.2) is 48.7 Å². The largest absolute Gasteiger partial charge is 2.00 e. The van der Waals surface area contributed by atoms with E-state index in [4.69, 9.17) is 11.6 Å². The molecular weight excluding hydrogens is 605 g/mol. The number of nitriles is 1. The Morgan fingerprint density at radius 3 is 2.67 bits per heavy atom. The van der Waals surface area contributed by atoms with Crippen molar-refractivity contribution in [3.8, 4) is 23.0 Å². The molecule has 0 bridgehead atoms. The van der Waals surface area contributed by atoms with Gasteiger partial charge in [0.15, 0.2) is 0 Å². The summed E-state index contributed by atoms with van der Waals surface area (Å²) >= 11 is 0. The summed E-state index contributed by atoms with van der Waals surface area (Å²) in [7, 11) is 0. The number of rotatable bonds is 4. The molecule has 0 amide bonds. The molecule has 9 heteroatoms. The number of benzene rings is 1. The molecule has 0 unspecified atom stereocenters. The fourth-order valence-corrected chi connectivity index (χ4v) is 3.30. The van der Waals surface area contributed by atoms with Crippen LogP contribution in [-0.2, 0) is 26.5 Å². The third-order valence-corrected chi connectivity index (χ3v) is 4.95. The Balaban J connectivity index is 0.00000306. The molecule has 164 valence electrons.